The van der Waals surface area contributed by atoms with Gasteiger partial charge in [-0.2, -0.15) is 0 Å². The highest BCUT2D eigenvalue weighted by molar-refractivity contribution is 7.92. The zero-order valence-corrected chi connectivity index (χ0v) is 19.3. The Morgan fingerprint density at radius 3 is 1.68 bits per heavy atom. The minimum atomic E-state index is -3.79. The summed E-state index contributed by atoms with van der Waals surface area (Å²) in [5, 5.41) is 0.444. The molecule has 4 bridgehead atoms. The molecule has 2 N–H and O–H groups in total. The van der Waals surface area contributed by atoms with Crippen molar-refractivity contribution in [2.24, 2.45) is 17.8 Å². The molecular weight excluding hydrogens is 456 g/mol. The van der Waals surface area contributed by atoms with E-state index in [-0.39, 0.29) is 15.3 Å². The van der Waals surface area contributed by atoms with Crippen molar-refractivity contribution < 1.29 is 16.8 Å². The van der Waals surface area contributed by atoms with Crippen LogP contribution in [0, 0.1) is 17.8 Å². The Morgan fingerprint density at radius 2 is 1.16 bits per heavy atom. The summed E-state index contributed by atoms with van der Waals surface area (Å²) >= 11 is 5.82. The van der Waals surface area contributed by atoms with Gasteiger partial charge in [0, 0.05) is 16.2 Å². The van der Waals surface area contributed by atoms with Gasteiger partial charge >= 0.3 is 0 Å². The van der Waals surface area contributed by atoms with Gasteiger partial charge in [0.2, 0.25) is 10.0 Å². The maximum absolute atomic E-state index is 13.1. The Balaban J connectivity index is 1.32. The average molecular weight is 481 g/mol. The van der Waals surface area contributed by atoms with Gasteiger partial charge in [-0.15, -0.1) is 0 Å². The monoisotopic (exact) mass is 480 g/mol. The lowest BCUT2D eigenvalue weighted by Gasteiger charge is -2.56. The third-order valence-corrected chi connectivity index (χ3v) is 10.2. The van der Waals surface area contributed by atoms with E-state index in [4.69, 9.17) is 11.6 Å². The van der Waals surface area contributed by atoms with Crippen molar-refractivity contribution in [3.05, 3.63) is 53.6 Å². The van der Waals surface area contributed by atoms with E-state index in [1.54, 1.807) is 0 Å². The summed E-state index contributed by atoms with van der Waals surface area (Å²) in [6.45, 7) is 0. The molecule has 0 atom stereocenters. The van der Waals surface area contributed by atoms with Crippen LogP contribution in [0.2, 0.25) is 5.02 Å². The lowest BCUT2D eigenvalue weighted by atomic mass is 9.53. The van der Waals surface area contributed by atoms with E-state index in [1.807, 2.05) is 0 Å². The van der Waals surface area contributed by atoms with Crippen molar-refractivity contribution in [3.63, 3.8) is 0 Å². The molecule has 4 fully saturated rings. The molecule has 31 heavy (non-hydrogen) atoms. The smallest absolute Gasteiger partial charge is 0.261 e. The van der Waals surface area contributed by atoms with Crippen molar-refractivity contribution in [3.8, 4) is 0 Å². The second-order valence-electron chi connectivity index (χ2n) is 9.39. The predicted octanol–water partition coefficient (Wildman–Crippen LogP) is 4.39. The third kappa shape index (κ3) is 4.23. The molecule has 6 rings (SSSR count). The second-order valence-corrected chi connectivity index (χ2v) is 13.2. The molecule has 4 aliphatic carbocycles. The zero-order chi connectivity index (χ0) is 21.9. The molecule has 0 radical (unpaired) electrons. The van der Waals surface area contributed by atoms with Crippen LogP contribution in [0.15, 0.2) is 58.3 Å². The van der Waals surface area contributed by atoms with Crippen LogP contribution < -0.4 is 9.44 Å². The highest BCUT2D eigenvalue weighted by Crippen LogP contribution is 2.56. The van der Waals surface area contributed by atoms with Crippen LogP contribution in [0.25, 0.3) is 0 Å². The fraction of sp³-hybridized carbons (Fsp3) is 0.455. The fourth-order valence-corrected chi connectivity index (χ4v) is 8.73. The Morgan fingerprint density at radius 1 is 0.710 bits per heavy atom. The van der Waals surface area contributed by atoms with E-state index in [9.17, 15) is 16.8 Å². The molecule has 166 valence electrons. The first kappa shape index (κ1) is 21.2. The van der Waals surface area contributed by atoms with Crippen molar-refractivity contribution in [1.82, 2.24) is 4.72 Å². The number of rotatable bonds is 6. The molecule has 0 aliphatic heterocycles. The molecule has 9 heteroatoms. The molecule has 0 spiro atoms. The predicted molar refractivity (Wildman–Crippen MR) is 120 cm³/mol. The summed E-state index contributed by atoms with van der Waals surface area (Å²) in [5.41, 5.74) is -0.0219. The Hall–Kier alpha value is -1.61. The summed E-state index contributed by atoms with van der Waals surface area (Å²) in [6.07, 6.45) is 6.50. The zero-order valence-electron chi connectivity index (χ0n) is 16.9. The van der Waals surface area contributed by atoms with Crippen LogP contribution in [-0.2, 0) is 20.0 Å². The number of nitrogens with one attached hydrogen (secondary N) is 2. The first-order valence-electron chi connectivity index (χ1n) is 10.5. The highest BCUT2D eigenvalue weighted by atomic mass is 35.5. The van der Waals surface area contributed by atoms with Gasteiger partial charge in [0.25, 0.3) is 10.0 Å². The van der Waals surface area contributed by atoms with Crippen molar-refractivity contribution >= 4 is 37.3 Å². The number of anilines is 1. The van der Waals surface area contributed by atoms with Gasteiger partial charge in [0.1, 0.15) is 0 Å². The molecular formula is C22H25ClN2O4S2. The largest absolute Gasteiger partial charge is 0.280 e. The quantitative estimate of drug-likeness (QED) is 0.641. The van der Waals surface area contributed by atoms with Gasteiger partial charge in [-0.3, -0.25) is 4.72 Å². The number of halogens is 1. The number of benzene rings is 2. The second kappa shape index (κ2) is 7.47. The lowest BCUT2D eigenvalue weighted by Crippen LogP contribution is -2.59. The van der Waals surface area contributed by atoms with Crippen molar-refractivity contribution in [2.75, 3.05) is 4.72 Å². The van der Waals surface area contributed by atoms with Crippen LogP contribution in [0.5, 0.6) is 0 Å². The van der Waals surface area contributed by atoms with Crippen LogP contribution in [-0.4, -0.2) is 22.4 Å². The van der Waals surface area contributed by atoms with Crippen LogP contribution in [0.3, 0.4) is 0 Å². The first-order chi connectivity index (χ1) is 14.6. The van der Waals surface area contributed by atoms with E-state index >= 15 is 0 Å². The Kier molecular flexibility index (Phi) is 5.12. The maximum Gasteiger partial charge on any atom is 0.261 e. The van der Waals surface area contributed by atoms with E-state index in [1.165, 1.54) is 67.8 Å². The van der Waals surface area contributed by atoms with Crippen LogP contribution in [0.4, 0.5) is 5.69 Å². The number of sulfonamides is 2. The molecule has 2 aromatic rings. The van der Waals surface area contributed by atoms with Gasteiger partial charge < -0.3 is 0 Å². The number of hydrogen-bond acceptors (Lipinski definition) is 4. The van der Waals surface area contributed by atoms with E-state index in [0.29, 0.717) is 28.5 Å². The summed E-state index contributed by atoms with van der Waals surface area (Å²) in [4.78, 5) is 0.231. The van der Waals surface area contributed by atoms with Gasteiger partial charge in [0.05, 0.1) is 9.79 Å². The number of hydrogen-bond donors (Lipinski definition) is 2. The first-order valence-corrected chi connectivity index (χ1v) is 13.9. The summed E-state index contributed by atoms with van der Waals surface area (Å²) in [5.74, 6) is 1.91. The van der Waals surface area contributed by atoms with Crippen LogP contribution >= 0.6 is 11.6 Å². The van der Waals surface area contributed by atoms with E-state index < -0.39 is 20.0 Å². The van der Waals surface area contributed by atoms with E-state index in [2.05, 4.69) is 9.44 Å². The highest BCUT2D eigenvalue weighted by Gasteiger charge is 2.52. The molecule has 2 aromatic carbocycles. The van der Waals surface area contributed by atoms with Crippen LogP contribution in [0.1, 0.15) is 38.5 Å². The van der Waals surface area contributed by atoms with E-state index in [0.717, 1.165) is 19.3 Å². The molecule has 4 aliphatic rings. The molecule has 0 saturated heterocycles. The summed E-state index contributed by atoms with van der Waals surface area (Å²) < 4.78 is 56.8. The minimum absolute atomic E-state index is 0.0806. The molecule has 0 amide bonds. The average Bonchev–Trinajstić information content (AvgIpc) is 2.66. The fourth-order valence-electron chi connectivity index (χ4n) is 6.11. The molecule has 4 saturated carbocycles. The Labute approximate surface area is 188 Å². The SMILES string of the molecule is O=S(=O)(Nc1ccc(S(=O)(=O)NC23CC4CC(CC(C4)C2)C3)cc1)c1ccc(Cl)cc1. The molecule has 0 heterocycles. The topological polar surface area (TPSA) is 92.3 Å². The normalized spacial score (nSPS) is 29.8. The van der Waals surface area contributed by atoms with Gasteiger partial charge in [0.15, 0.2) is 0 Å². The van der Waals surface area contributed by atoms with Crippen molar-refractivity contribution in [2.45, 2.75) is 53.9 Å². The minimum Gasteiger partial charge on any atom is -0.280 e. The summed E-state index contributed by atoms with van der Waals surface area (Å²) in [7, 11) is -7.47. The van der Waals surface area contributed by atoms with Gasteiger partial charge in [-0.1, -0.05) is 11.6 Å². The molecule has 6 nitrogen and oxygen atoms in total. The Bertz CT molecular complexity index is 1160. The third-order valence-electron chi connectivity index (χ3n) is 6.93. The molecule has 0 aromatic heterocycles. The van der Waals surface area contributed by atoms with Gasteiger partial charge in [-0.05, 0) is 105 Å². The van der Waals surface area contributed by atoms with Crippen molar-refractivity contribution in [1.29, 1.82) is 0 Å². The van der Waals surface area contributed by atoms with Gasteiger partial charge in [-0.25, -0.2) is 21.6 Å². The molecule has 0 unspecified atom stereocenters. The summed E-state index contributed by atoms with van der Waals surface area (Å²) in [6, 6.07) is 11.7. The standard InChI is InChI=1S/C22H25ClN2O4S2/c23-18-1-5-20(6-2-18)30(26,27)24-19-3-7-21(8-4-19)31(28,29)25-22-12-15-9-16(13-22)11-17(10-15)14-22/h1-8,15-17,24-25H,9-14H2. The maximum atomic E-state index is 13.1. The lowest BCUT2D eigenvalue weighted by molar-refractivity contribution is -0.00810.